The number of nitrogens with one attached hydrogen (secondary N) is 1. The Morgan fingerprint density at radius 1 is 1.12 bits per heavy atom. The standard InChI is InChI=1S/C18H18N2O3S/c1-11-4-7-13(8-5-11)18(3)16(22)20(17(23)19-18)10-14(21)15-9-6-12(2)24-15/h4-9H,10H2,1-3H3,(H,19,23)/t18-/m0/s1. The highest BCUT2D eigenvalue weighted by Crippen LogP contribution is 2.29. The molecule has 0 bridgehead atoms. The van der Waals surface area contributed by atoms with Gasteiger partial charge in [-0.25, -0.2) is 4.79 Å². The van der Waals surface area contributed by atoms with Crippen LogP contribution in [0.3, 0.4) is 0 Å². The third kappa shape index (κ3) is 2.73. The van der Waals surface area contributed by atoms with Crippen LogP contribution in [0.5, 0.6) is 0 Å². The lowest BCUT2D eigenvalue weighted by Gasteiger charge is -2.22. The van der Waals surface area contributed by atoms with Gasteiger partial charge in [-0.2, -0.15) is 0 Å². The Morgan fingerprint density at radius 3 is 2.38 bits per heavy atom. The van der Waals surface area contributed by atoms with Gasteiger partial charge in [0, 0.05) is 4.88 Å². The number of carbonyl (C=O) groups excluding carboxylic acids is 3. The van der Waals surface area contributed by atoms with Gasteiger partial charge < -0.3 is 5.32 Å². The van der Waals surface area contributed by atoms with Crippen LogP contribution in [0, 0.1) is 13.8 Å². The van der Waals surface area contributed by atoms with Crippen molar-refractivity contribution < 1.29 is 14.4 Å². The van der Waals surface area contributed by atoms with Crippen LogP contribution in [-0.4, -0.2) is 29.2 Å². The molecule has 0 radical (unpaired) electrons. The van der Waals surface area contributed by atoms with Crippen molar-refractivity contribution in [1.82, 2.24) is 10.2 Å². The number of carbonyl (C=O) groups is 3. The van der Waals surface area contributed by atoms with Crippen LogP contribution in [0.1, 0.15) is 32.6 Å². The molecule has 1 saturated heterocycles. The molecule has 0 unspecified atom stereocenters. The maximum atomic E-state index is 12.8. The van der Waals surface area contributed by atoms with Crippen molar-refractivity contribution >= 4 is 29.1 Å². The summed E-state index contributed by atoms with van der Waals surface area (Å²) in [6, 6.07) is 10.5. The van der Waals surface area contributed by atoms with Gasteiger partial charge in [-0.05, 0) is 38.5 Å². The van der Waals surface area contributed by atoms with Gasteiger partial charge in [0.25, 0.3) is 5.91 Å². The molecule has 24 heavy (non-hydrogen) atoms. The van der Waals surface area contributed by atoms with Crippen LogP contribution >= 0.6 is 11.3 Å². The Hall–Kier alpha value is -2.47. The fourth-order valence-corrected chi connectivity index (χ4v) is 3.53. The van der Waals surface area contributed by atoms with Crippen molar-refractivity contribution in [3.63, 3.8) is 0 Å². The molecule has 0 spiro atoms. The van der Waals surface area contributed by atoms with Crippen molar-refractivity contribution in [2.75, 3.05) is 6.54 Å². The number of hydrogen-bond donors (Lipinski definition) is 1. The summed E-state index contributed by atoms with van der Waals surface area (Å²) < 4.78 is 0. The third-order valence-corrected chi connectivity index (χ3v) is 5.26. The molecule has 1 aliphatic heterocycles. The molecule has 1 fully saturated rings. The van der Waals surface area contributed by atoms with Gasteiger partial charge in [0.1, 0.15) is 5.54 Å². The Kier molecular flexibility index (Phi) is 4.01. The minimum Gasteiger partial charge on any atom is -0.319 e. The van der Waals surface area contributed by atoms with E-state index in [2.05, 4.69) is 5.32 Å². The first-order chi connectivity index (χ1) is 11.3. The van der Waals surface area contributed by atoms with E-state index in [1.807, 2.05) is 44.2 Å². The number of hydrogen-bond acceptors (Lipinski definition) is 4. The summed E-state index contributed by atoms with van der Waals surface area (Å²) in [5.41, 5.74) is 0.628. The van der Waals surface area contributed by atoms with E-state index in [9.17, 15) is 14.4 Å². The minimum atomic E-state index is -1.14. The molecule has 1 aromatic heterocycles. The number of rotatable bonds is 4. The first-order valence-electron chi connectivity index (χ1n) is 7.62. The predicted molar refractivity (Wildman–Crippen MR) is 92.2 cm³/mol. The molecule has 124 valence electrons. The predicted octanol–water partition coefficient (Wildman–Crippen LogP) is 3.01. The zero-order chi connectivity index (χ0) is 17.5. The van der Waals surface area contributed by atoms with Crippen molar-refractivity contribution in [2.45, 2.75) is 26.3 Å². The molecule has 0 aliphatic carbocycles. The number of ketones is 1. The molecule has 1 atom stereocenters. The Morgan fingerprint density at radius 2 is 1.79 bits per heavy atom. The second kappa shape index (κ2) is 5.87. The molecule has 0 saturated carbocycles. The molecular weight excluding hydrogens is 324 g/mol. The first-order valence-corrected chi connectivity index (χ1v) is 8.44. The van der Waals surface area contributed by atoms with Crippen molar-refractivity contribution in [1.29, 1.82) is 0 Å². The van der Waals surface area contributed by atoms with Gasteiger partial charge in [-0.3, -0.25) is 14.5 Å². The fourth-order valence-electron chi connectivity index (χ4n) is 2.73. The van der Waals surface area contributed by atoms with E-state index in [1.54, 1.807) is 13.0 Å². The van der Waals surface area contributed by atoms with E-state index in [1.165, 1.54) is 11.3 Å². The van der Waals surface area contributed by atoms with Crippen LogP contribution in [-0.2, 0) is 10.3 Å². The molecule has 2 aromatic rings. The van der Waals surface area contributed by atoms with Crippen LogP contribution in [0.2, 0.25) is 0 Å². The lowest BCUT2D eigenvalue weighted by Crippen LogP contribution is -2.41. The van der Waals surface area contributed by atoms with Crippen molar-refractivity contribution in [3.05, 3.63) is 57.3 Å². The number of urea groups is 1. The number of nitrogens with zero attached hydrogens (tertiary/aromatic N) is 1. The number of aryl methyl sites for hydroxylation is 2. The van der Waals surface area contributed by atoms with Crippen LogP contribution in [0.25, 0.3) is 0 Å². The lowest BCUT2D eigenvalue weighted by molar-refractivity contribution is -0.130. The first kappa shape index (κ1) is 16.4. The zero-order valence-electron chi connectivity index (χ0n) is 13.8. The van der Waals surface area contributed by atoms with Crippen LogP contribution in [0.15, 0.2) is 36.4 Å². The highest BCUT2D eigenvalue weighted by molar-refractivity contribution is 7.14. The third-order valence-electron chi connectivity index (χ3n) is 4.22. The summed E-state index contributed by atoms with van der Waals surface area (Å²) in [5, 5.41) is 2.72. The summed E-state index contributed by atoms with van der Waals surface area (Å²) in [6.07, 6.45) is 0. The molecule has 3 rings (SSSR count). The SMILES string of the molecule is Cc1ccc([C@]2(C)NC(=O)N(CC(=O)c3ccc(C)s3)C2=O)cc1. The van der Waals surface area contributed by atoms with Crippen molar-refractivity contribution in [3.8, 4) is 0 Å². The van der Waals surface area contributed by atoms with Gasteiger partial charge in [0.15, 0.2) is 5.78 Å². The summed E-state index contributed by atoms with van der Waals surface area (Å²) >= 11 is 1.36. The van der Waals surface area contributed by atoms with E-state index in [-0.39, 0.29) is 12.3 Å². The monoisotopic (exact) mass is 342 g/mol. The fraction of sp³-hybridized carbons (Fsp3) is 0.278. The number of thiophene rings is 1. The number of Topliss-reactive ketones (excluding diaryl/α,β-unsaturated/α-hetero) is 1. The largest absolute Gasteiger partial charge is 0.325 e. The van der Waals surface area contributed by atoms with Gasteiger partial charge >= 0.3 is 6.03 Å². The Bertz CT molecular complexity index is 825. The van der Waals surface area contributed by atoms with E-state index in [4.69, 9.17) is 0 Å². The summed E-state index contributed by atoms with van der Waals surface area (Å²) in [6.45, 7) is 5.28. The normalized spacial score (nSPS) is 20.4. The number of benzene rings is 1. The van der Waals surface area contributed by atoms with Gasteiger partial charge in [-0.1, -0.05) is 29.8 Å². The highest BCUT2D eigenvalue weighted by Gasteiger charge is 2.49. The summed E-state index contributed by atoms with van der Waals surface area (Å²) in [7, 11) is 0. The van der Waals surface area contributed by atoms with Gasteiger partial charge in [-0.15, -0.1) is 11.3 Å². The lowest BCUT2D eigenvalue weighted by atomic mass is 9.91. The van der Waals surface area contributed by atoms with Gasteiger partial charge in [0.2, 0.25) is 0 Å². The molecule has 3 amide bonds. The molecular formula is C18H18N2O3S. The highest BCUT2D eigenvalue weighted by atomic mass is 32.1. The minimum absolute atomic E-state index is 0.232. The topological polar surface area (TPSA) is 66.5 Å². The maximum Gasteiger partial charge on any atom is 0.325 e. The Balaban J connectivity index is 1.83. The molecule has 1 aliphatic rings. The van der Waals surface area contributed by atoms with Crippen LogP contribution in [0.4, 0.5) is 4.79 Å². The average Bonchev–Trinajstić information content (AvgIpc) is 3.06. The molecule has 6 heteroatoms. The quantitative estimate of drug-likeness (QED) is 0.686. The second-order valence-electron chi connectivity index (χ2n) is 6.15. The summed E-state index contributed by atoms with van der Waals surface area (Å²) in [5.74, 6) is -0.636. The van der Waals surface area contributed by atoms with Crippen molar-refractivity contribution in [2.24, 2.45) is 0 Å². The molecule has 5 nitrogen and oxygen atoms in total. The average molecular weight is 342 g/mol. The van der Waals surface area contributed by atoms with Gasteiger partial charge in [0.05, 0.1) is 11.4 Å². The smallest absolute Gasteiger partial charge is 0.319 e. The van der Waals surface area contributed by atoms with Crippen LogP contribution < -0.4 is 5.32 Å². The zero-order valence-corrected chi connectivity index (χ0v) is 14.6. The Labute approximate surface area is 144 Å². The van der Waals surface area contributed by atoms with E-state index in [0.717, 1.165) is 15.3 Å². The van der Waals surface area contributed by atoms with E-state index in [0.29, 0.717) is 10.4 Å². The second-order valence-corrected chi connectivity index (χ2v) is 7.43. The summed E-state index contributed by atoms with van der Waals surface area (Å²) in [4.78, 5) is 39.9. The molecule has 2 heterocycles. The molecule has 1 N–H and O–H groups in total. The molecule has 1 aromatic carbocycles. The number of amides is 3. The number of imide groups is 1. The van der Waals surface area contributed by atoms with E-state index >= 15 is 0 Å². The van der Waals surface area contributed by atoms with E-state index < -0.39 is 17.5 Å². The maximum absolute atomic E-state index is 12.8.